The molecule has 0 bridgehead atoms. The zero-order valence-corrected chi connectivity index (χ0v) is 38.0. The molecule has 4 heterocycles. The lowest BCUT2D eigenvalue weighted by Crippen LogP contribution is -2.10. The van der Waals surface area contributed by atoms with Crippen molar-refractivity contribution in [1.82, 2.24) is 18.7 Å². The molecule has 0 atom stereocenters. The topological polar surface area (TPSA) is 27.7 Å². The maximum Gasteiger partial charge on any atom is 0.137 e. The van der Waals surface area contributed by atoms with Crippen molar-refractivity contribution < 1.29 is 0 Å². The average Bonchev–Trinajstić information content (AvgIpc) is 3.84. The lowest BCUT2D eigenvalue weighted by Gasteiger charge is -2.19. The minimum atomic E-state index is 0.0414. The lowest BCUT2D eigenvalue weighted by molar-refractivity contribution is 0.590. The second-order valence-electron chi connectivity index (χ2n) is 21.5. The fraction of sp³-hybridized carbons (Fsp3) is 0.281. The van der Waals surface area contributed by atoms with E-state index in [9.17, 15) is 0 Å². The van der Waals surface area contributed by atoms with Gasteiger partial charge in [0.1, 0.15) is 5.82 Å². The molecule has 10 rings (SSSR count). The maximum absolute atomic E-state index is 5.30. The minimum absolute atomic E-state index is 0.0414. The summed E-state index contributed by atoms with van der Waals surface area (Å²) in [5.41, 5.74) is 14.8. The Kier molecular flexibility index (Phi) is 8.44. The highest BCUT2D eigenvalue weighted by molar-refractivity contribution is 6.13. The second-order valence-corrected chi connectivity index (χ2v) is 21.5. The van der Waals surface area contributed by atoms with Crippen molar-refractivity contribution in [3.05, 3.63) is 156 Å². The zero-order chi connectivity index (χ0) is 43.0. The molecule has 6 aromatic carbocycles. The van der Waals surface area contributed by atoms with Crippen molar-refractivity contribution >= 4 is 65.4 Å². The molecular formula is C57H58N4. The summed E-state index contributed by atoms with van der Waals surface area (Å²) in [6.07, 6.45) is 2.06. The third kappa shape index (κ3) is 6.28. The van der Waals surface area contributed by atoms with Gasteiger partial charge in [0.15, 0.2) is 0 Å². The Bertz CT molecular complexity index is 3230. The first-order chi connectivity index (χ1) is 28.8. The van der Waals surface area contributed by atoms with Gasteiger partial charge >= 0.3 is 0 Å². The number of para-hydroxylation sites is 1. The molecule has 306 valence electrons. The molecule has 4 heteroatoms. The fourth-order valence-corrected chi connectivity index (χ4v) is 9.46. The molecule has 10 aromatic rings. The summed E-state index contributed by atoms with van der Waals surface area (Å²) in [7, 11) is 0. The standard InChI is InChI=1S/C57H58N4/c1-54(2,3)35-17-24-48-43(29-35)44-30-36(55(4,5)6)18-25-49(44)59(48)39-21-23-42-41-15-13-14-16-47(41)61(52(42)33-39)53-28-22-40(34-58-53)60-50-26-19-37(56(7,8)9)31-45(50)46-32-38(57(10,11)12)20-27-51(46)60/h13-34H,1-12H3. The first-order valence-corrected chi connectivity index (χ1v) is 22.0. The van der Waals surface area contributed by atoms with E-state index in [-0.39, 0.29) is 21.7 Å². The molecule has 0 saturated heterocycles. The van der Waals surface area contributed by atoms with Crippen LogP contribution in [0.5, 0.6) is 0 Å². The summed E-state index contributed by atoms with van der Waals surface area (Å²) >= 11 is 0. The summed E-state index contributed by atoms with van der Waals surface area (Å²) in [6.45, 7) is 27.6. The molecule has 0 saturated carbocycles. The Labute approximate surface area is 360 Å². The molecule has 0 spiro atoms. The SMILES string of the molecule is CC(C)(C)c1ccc2c(c1)c1cc(C(C)(C)C)ccc1n2-c1ccc(-n2c3ccccc3c3ccc(-n4c5ccc(C(C)(C)C)cc5c5cc(C(C)(C)C)ccc54)cc32)nc1. The van der Waals surface area contributed by atoms with E-state index in [1.54, 1.807) is 0 Å². The van der Waals surface area contributed by atoms with Crippen molar-refractivity contribution in [2.75, 3.05) is 0 Å². The van der Waals surface area contributed by atoms with Crippen LogP contribution < -0.4 is 0 Å². The number of nitrogens with zero attached hydrogens (tertiary/aromatic N) is 4. The van der Waals surface area contributed by atoms with E-state index in [1.165, 1.54) is 76.6 Å². The van der Waals surface area contributed by atoms with Crippen molar-refractivity contribution in [3.63, 3.8) is 0 Å². The summed E-state index contributed by atoms with van der Waals surface area (Å²) in [4.78, 5) is 5.30. The Morgan fingerprint density at radius 1 is 0.311 bits per heavy atom. The summed E-state index contributed by atoms with van der Waals surface area (Å²) in [5, 5.41) is 7.57. The van der Waals surface area contributed by atoms with Crippen LogP contribution in [-0.2, 0) is 21.7 Å². The molecule has 4 aromatic heterocycles. The number of rotatable bonds is 3. The third-order valence-corrected chi connectivity index (χ3v) is 13.1. The van der Waals surface area contributed by atoms with Gasteiger partial charge in [-0.1, -0.05) is 132 Å². The maximum atomic E-state index is 5.30. The number of pyridine rings is 1. The monoisotopic (exact) mass is 798 g/mol. The predicted octanol–water partition coefficient (Wildman–Crippen LogP) is 15.6. The van der Waals surface area contributed by atoms with Gasteiger partial charge in [0.2, 0.25) is 0 Å². The molecule has 4 nitrogen and oxygen atoms in total. The molecule has 61 heavy (non-hydrogen) atoms. The molecular weight excluding hydrogens is 741 g/mol. The van der Waals surface area contributed by atoms with Gasteiger partial charge in [-0.15, -0.1) is 0 Å². The largest absolute Gasteiger partial charge is 0.309 e. The second kappa shape index (κ2) is 13.2. The van der Waals surface area contributed by atoms with Crippen LogP contribution in [0.3, 0.4) is 0 Å². The van der Waals surface area contributed by atoms with Crippen LogP contribution in [0.15, 0.2) is 134 Å². The molecule has 0 aliphatic carbocycles. The van der Waals surface area contributed by atoms with Gasteiger partial charge in [-0.2, -0.15) is 0 Å². The lowest BCUT2D eigenvalue weighted by atomic mass is 9.85. The first-order valence-electron chi connectivity index (χ1n) is 22.0. The Morgan fingerprint density at radius 3 is 1.10 bits per heavy atom. The van der Waals surface area contributed by atoms with Crippen molar-refractivity contribution in [2.45, 2.75) is 105 Å². The van der Waals surface area contributed by atoms with Gasteiger partial charge in [0, 0.05) is 38.0 Å². The van der Waals surface area contributed by atoms with Crippen molar-refractivity contribution in [1.29, 1.82) is 0 Å². The zero-order valence-electron chi connectivity index (χ0n) is 38.0. The van der Waals surface area contributed by atoms with Crippen molar-refractivity contribution in [2.24, 2.45) is 0 Å². The highest BCUT2D eigenvalue weighted by Gasteiger charge is 2.24. The Hall–Kier alpha value is -6.13. The molecule has 0 aliphatic rings. The summed E-state index contributed by atoms with van der Waals surface area (Å²) in [5.74, 6) is 0.893. The smallest absolute Gasteiger partial charge is 0.137 e. The van der Waals surface area contributed by atoms with Crippen LogP contribution in [-0.4, -0.2) is 18.7 Å². The molecule has 0 N–H and O–H groups in total. The normalized spacial score (nSPS) is 13.2. The highest BCUT2D eigenvalue weighted by Crippen LogP contribution is 2.41. The molecule has 0 aliphatic heterocycles. The van der Waals surface area contributed by atoms with E-state index in [2.05, 4.69) is 230 Å². The molecule has 0 radical (unpaired) electrons. The summed E-state index contributed by atoms with van der Waals surface area (Å²) < 4.78 is 7.20. The van der Waals surface area contributed by atoms with Gasteiger partial charge in [0.25, 0.3) is 0 Å². The third-order valence-electron chi connectivity index (χ3n) is 13.1. The number of hydrogen-bond donors (Lipinski definition) is 0. The van der Waals surface area contributed by atoms with E-state index in [0.717, 1.165) is 28.2 Å². The van der Waals surface area contributed by atoms with Gasteiger partial charge < -0.3 is 9.13 Å². The Balaban J connectivity index is 1.16. The van der Waals surface area contributed by atoms with Gasteiger partial charge in [-0.3, -0.25) is 4.57 Å². The van der Waals surface area contributed by atoms with Crippen LogP contribution >= 0.6 is 0 Å². The van der Waals surface area contributed by atoms with E-state index < -0.39 is 0 Å². The van der Waals surface area contributed by atoms with E-state index in [0.29, 0.717) is 0 Å². The number of benzene rings is 6. The molecule has 0 amide bonds. The van der Waals surface area contributed by atoms with E-state index >= 15 is 0 Å². The van der Waals surface area contributed by atoms with Crippen molar-refractivity contribution in [3.8, 4) is 17.2 Å². The predicted molar refractivity (Wildman–Crippen MR) is 262 cm³/mol. The van der Waals surface area contributed by atoms with E-state index in [4.69, 9.17) is 4.98 Å². The Morgan fingerprint density at radius 2 is 0.689 bits per heavy atom. The molecule has 0 unspecified atom stereocenters. The van der Waals surface area contributed by atoms with Crippen LogP contribution in [0.1, 0.15) is 105 Å². The van der Waals surface area contributed by atoms with Crippen LogP contribution in [0, 0.1) is 0 Å². The minimum Gasteiger partial charge on any atom is -0.309 e. The fourth-order valence-electron chi connectivity index (χ4n) is 9.46. The van der Waals surface area contributed by atoms with E-state index in [1.807, 2.05) is 0 Å². The quantitative estimate of drug-likeness (QED) is 0.175. The number of fused-ring (bicyclic) bond motifs is 9. The average molecular weight is 799 g/mol. The number of hydrogen-bond acceptors (Lipinski definition) is 1. The highest BCUT2D eigenvalue weighted by atomic mass is 15.1. The van der Waals surface area contributed by atoms with Crippen LogP contribution in [0.4, 0.5) is 0 Å². The van der Waals surface area contributed by atoms with Gasteiger partial charge in [-0.25, -0.2) is 4.98 Å². The number of aromatic nitrogens is 4. The van der Waals surface area contributed by atoms with Crippen LogP contribution in [0.25, 0.3) is 82.6 Å². The van der Waals surface area contributed by atoms with Crippen LogP contribution in [0.2, 0.25) is 0 Å². The molecule has 0 fully saturated rings. The van der Waals surface area contributed by atoms with Gasteiger partial charge in [-0.05, 0) is 123 Å². The first kappa shape index (κ1) is 39.0. The summed E-state index contributed by atoms with van der Waals surface area (Å²) in [6, 6.07) is 48.3. The van der Waals surface area contributed by atoms with Gasteiger partial charge in [0.05, 0.1) is 45.0 Å².